The number of nitrogens with zero attached hydrogens (tertiary/aromatic N) is 1. The highest BCUT2D eigenvalue weighted by molar-refractivity contribution is 7.87. The van der Waals surface area contributed by atoms with Crippen LogP contribution in [0.25, 0.3) is 0 Å². The zero-order chi connectivity index (χ0) is 13.9. The van der Waals surface area contributed by atoms with Crippen molar-refractivity contribution in [3.05, 3.63) is 35.4 Å². The van der Waals surface area contributed by atoms with Gasteiger partial charge in [0.25, 0.3) is 10.2 Å². The Balaban J connectivity index is 2.09. The highest BCUT2D eigenvalue weighted by Crippen LogP contribution is 2.19. The molecule has 1 saturated heterocycles. The molecule has 1 N–H and O–H groups in total. The van der Waals surface area contributed by atoms with Crippen LogP contribution >= 0.6 is 0 Å². The fourth-order valence-corrected chi connectivity index (χ4v) is 4.00. The summed E-state index contributed by atoms with van der Waals surface area (Å²) in [5, 5.41) is 0. The molecule has 0 saturated carbocycles. The fourth-order valence-electron chi connectivity index (χ4n) is 2.54. The minimum absolute atomic E-state index is 0.201. The van der Waals surface area contributed by atoms with Crippen molar-refractivity contribution in [3.63, 3.8) is 0 Å². The summed E-state index contributed by atoms with van der Waals surface area (Å²) in [6, 6.07) is 7.67. The van der Waals surface area contributed by atoms with Gasteiger partial charge < -0.3 is 0 Å². The number of aryl methyl sites for hydroxylation is 1. The molecule has 1 aliphatic rings. The van der Waals surface area contributed by atoms with Gasteiger partial charge in [-0.25, -0.2) is 0 Å². The van der Waals surface area contributed by atoms with E-state index in [1.54, 1.807) is 4.31 Å². The molecule has 0 bridgehead atoms. The molecule has 0 spiro atoms. The van der Waals surface area contributed by atoms with E-state index in [1.165, 1.54) is 0 Å². The molecule has 1 heterocycles. The average molecular weight is 282 g/mol. The van der Waals surface area contributed by atoms with Crippen molar-refractivity contribution in [2.45, 2.75) is 39.2 Å². The molecule has 1 aliphatic heterocycles. The van der Waals surface area contributed by atoms with Crippen molar-refractivity contribution < 1.29 is 8.42 Å². The van der Waals surface area contributed by atoms with Gasteiger partial charge in [0.1, 0.15) is 0 Å². The molecule has 0 radical (unpaired) electrons. The third-order valence-corrected chi connectivity index (χ3v) is 5.33. The maximum Gasteiger partial charge on any atom is 0.279 e. The smallest absolute Gasteiger partial charge is 0.195 e. The van der Waals surface area contributed by atoms with Crippen LogP contribution in [-0.4, -0.2) is 25.8 Å². The third-order valence-electron chi connectivity index (χ3n) is 3.64. The highest BCUT2D eigenvalue weighted by atomic mass is 32.2. The molecule has 0 aromatic heterocycles. The van der Waals surface area contributed by atoms with Crippen LogP contribution in [0, 0.1) is 6.92 Å². The van der Waals surface area contributed by atoms with Gasteiger partial charge in [-0.3, -0.25) is 0 Å². The number of hydrogen-bond acceptors (Lipinski definition) is 2. The Labute approximate surface area is 116 Å². The molecule has 1 aromatic carbocycles. The maximum absolute atomic E-state index is 12.3. The fraction of sp³-hybridized carbons (Fsp3) is 0.571. The van der Waals surface area contributed by atoms with Gasteiger partial charge >= 0.3 is 0 Å². The lowest BCUT2D eigenvalue weighted by atomic mass is 10.0. The Morgan fingerprint density at radius 3 is 2.42 bits per heavy atom. The van der Waals surface area contributed by atoms with Crippen LogP contribution < -0.4 is 4.72 Å². The van der Waals surface area contributed by atoms with E-state index in [2.05, 4.69) is 4.72 Å². The third kappa shape index (κ3) is 3.55. The van der Waals surface area contributed by atoms with E-state index < -0.39 is 10.2 Å². The maximum atomic E-state index is 12.3. The summed E-state index contributed by atoms with van der Waals surface area (Å²) >= 11 is 0. The second-order valence-corrected chi connectivity index (χ2v) is 6.86. The number of piperidine rings is 1. The van der Waals surface area contributed by atoms with Crippen LogP contribution in [0.2, 0.25) is 0 Å². The van der Waals surface area contributed by atoms with Crippen molar-refractivity contribution in [2.75, 3.05) is 13.1 Å². The van der Waals surface area contributed by atoms with Crippen molar-refractivity contribution >= 4 is 10.2 Å². The van der Waals surface area contributed by atoms with E-state index >= 15 is 0 Å². The molecule has 0 aliphatic carbocycles. The van der Waals surface area contributed by atoms with Crippen LogP contribution in [-0.2, 0) is 10.2 Å². The highest BCUT2D eigenvalue weighted by Gasteiger charge is 2.25. The molecular weight excluding hydrogens is 260 g/mol. The topological polar surface area (TPSA) is 49.4 Å². The first-order valence-corrected chi connectivity index (χ1v) is 8.27. The van der Waals surface area contributed by atoms with Crippen molar-refractivity contribution in [2.24, 2.45) is 0 Å². The standard InChI is InChI=1S/C14H22N2O2S/c1-12-8-4-5-9-14(12)13(2)15-19(17,18)16-10-6-3-7-11-16/h4-5,8-9,13,15H,3,6-7,10-11H2,1-2H3. The summed E-state index contributed by atoms with van der Waals surface area (Å²) in [5.74, 6) is 0. The van der Waals surface area contributed by atoms with Gasteiger partial charge in [0, 0.05) is 19.1 Å². The molecule has 1 fully saturated rings. The quantitative estimate of drug-likeness (QED) is 0.921. The number of rotatable bonds is 4. The van der Waals surface area contributed by atoms with E-state index in [0.717, 1.165) is 30.4 Å². The molecule has 5 heteroatoms. The molecule has 2 rings (SSSR count). The SMILES string of the molecule is Cc1ccccc1C(C)NS(=O)(=O)N1CCCCC1. The lowest BCUT2D eigenvalue weighted by Gasteiger charge is -2.28. The van der Waals surface area contributed by atoms with Crippen LogP contribution in [0.4, 0.5) is 0 Å². The zero-order valence-corrected chi connectivity index (χ0v) is 12.4. The molecule has 0 amide bonds. The number of hydrogen-bond donors (Lipinski definition) is 1. The monoisotopic (exact) mass is 282 g/mol. The number of benzene rings is 1. The summed E-state index contributed by atoms with van der Waals surface area (Å²) < 4.78 is 28.9. The largest absolute Gasteiger partial charge is 0.279 e. The zero-order valence-electron chi connectivity index (χ0n) is 11.6. The summed E-state index contributed by atoms with van der Waals surface area (Å²) in [4.78, 5) is 0. The lowest BCUT2D eigenvalue weighted by molar-refractivity contribution is 0.339. The average Bonchev–Trinajstić information content (AvgIpc) is 2.39. The Morgan fingerprint density at radius 2 is 1.79 bits per heavy atom. The molecule has 106 valence electrons. The summed E-state index contributed by atoms with van der Waals surface area (Å²) in [6.45, 7) is 5.16. The summed E-state index contributed by atoms with van der Waals surface area (Å²) in [6.07, 6.45) is 3.04. The van der Waals surface area contributed by atoms with Crippen molar-refractivity contribution in [1.82, 2.24) is 9.03 Å². The summed E-state index contributed by atoms with van der Waals surface area (Å²) in [5.41, 5.74) is 2.14. The van der Waals surface area contributed by atoms with Gasteiger partial charge in [-0.2, -0.15) is 17.4 Å². The van der Waals surface area contributed by atoms with Gasteiger partial charge in [-0.1, -0.05) is 30.7 Å². The van der Waals surface area contributed by atoms with Crippen molar-refractivity contribution in [3.8, 4) is 0 Å². The minimum Gasteiger partial charge on any atom is -0.195 e. The van der Waals surface area contributed by atoms with Crippen LogP contribution in [0.5, 0.6) is 0 Å². The van der Waals surface area contributed by atoms with Gasteiger partial charge in [-0.05, 0) is 37.8 Å². The van der Waals surface area contributed by atoms with Crippen LogP contribution in [0.3, 0.4) is 0 Å². The van der Waals surface area contributed by atoms with Crippen LogP contribution in [0.15, 0.2) is 24.3 Å². The first-order chi connectivity index (χ1) is 9.00. The van der Waals surface area contributed by atoms with E-state index in [4.69, 9.17) is 0 Å². The minimum atomic E-state index is -3.36. The van der Waals surface area contributed by atoms with Gasteiger partial charge in [0.15, 0.2) is 0 Å². The van der Waals surface area contributed by atoms with Gasteiger partial charge in [0.05, 0.1) is 0 Å². The van der Waals surface area contributed by atoms with E-state index in [9.17, 15) is 8.42 Å². The first kappa shape index (κ1) is 14.5. The second-order valence-electron chi connectivity index (χ2n) is 5.16. The van der Waals surface area contributed by atoms with Gasteiger partial charge in [-0.15, -0.1) is 0 Å². The predicted octanol–water partition coefficient (Wildman–Crippen LogP) is 2.38. The van der Waals surface area contributed by atoms with Crippen molar-refractivity contribution in [1.29, 1.82) is 0 Å². The Hall–Kier alpha value is -0.910. The van der Waals surface area contributed by atoms with E-state index in [0.29, 0.717) is 13.1 Å². The Kier molecular flexibility index (Phi) is 4.60. The predicted molar refractivity (Wildman–Crippen MR) is 77.1 cm³/mol. The van der Waals surface area contributed by atoms with Gasteiger partial charge in [0.2, 0.25) is 0 Å². The Bertz CT molecular complexity index is 522. The molecular formula is C14H22N2O2S. The Morgan fingerprint density at radius 1 is 1.16 bits per heavy atom. The molecule has 1 unspecified atom stereocenters. The molecule has 19 heavy (non-hydrogen) atoms. The molecule has 1 atom stereocenters. The molecule has 4 nitrogen and oxygen atoms in total. The van der Waals surface area contributed by atoms with E-state index in [1.807, 2.05) is 38.1 Å². The van der Waals surface area contributed by atoms with E-state index in [-0.39, 0.29) is 6.04 Å². The normalized spacial score (nSPS) is 19.3. The second kappa shape index (κ2) is 6.03. The summed E-state index contributed by atoms with van der Waals surface area (Å²) in [7, 11) is -3.36. The lowest BCUT2D eigenvalue weighted by Crippen LogP contribution is -2.44. The first-order valence-electron chi connectivity index (χ1n) is 6.83. The molecule has 1 aromatic rings. The van der Waals surface area contributed by atoms with Crippen LogP contribution in [0.1, 0.15) is 43.4 Å². The number of nitrogens with one attached hydrogen (secondary N) is 1.